The van der Waals surface area contributed by atoms with Crippen LogP contribution in [0.5, 0.6) is 17.2 Å². The van der Waals surface area contributed by atoms with Crippen LogP contribution in [0.15, 0.2) is 45.3 Å². The molecule has 0 aliphatic heterocycles. The first kappa shape index (κ1) is 17.6. The first-order chi connectivity index (χ1) is 10.9. The lowest BCUT2D eigenvalue weighted by atomic mass is 10.2. The predicted molar refractivity (Wildman–Crippen MR) is 95.1 cm³/mol. The molecule has 0 aromatic heterocycles. The van der Waals surface area contributed by atoms with E-state index in [0.29, 0.717) is 38.3 Å². The molecular weight excluding hydrogens is 430 g/mol. The number of nitrogens with two attached hydrogens (primary N) is 1. The number of hydrogen-bond acceptors (Lipinski definition) is 4. The standard InChI is InChI=1S/C16H15Br2NO4/c1-2-14(16(20)21)22-11-7-12(17)15(13(18)8-11)23-10-5-3-9(19)4-6-10/h3-8,14H,2,19H2,1H3,(H,20,21). The van der Waals surface area contributed by atoms with Crippen LogP contribution in [0.3, 0.4) is 0 Å². The molecule has 0 bridgehead atoms. The van der Waals surface area contributed by atoms with Crippen molar-refractivity contribution < 1.29 is 19.4 Å². The van der Waals surface area contributed by atoms with E-state index in [0.717, 1.165) is 0 Å². The highest BCUT2D eigenvalue weighted by molar-refractivity contribution is 9.11. The molecule has 3 N–H and O–H groups in total. The summed E-state index contributed by atoms with van der Waals surface area (Å²) in [5, 5.41) is 9.06. The van der Waals surface area contributed by atoms with Crippen LogP contribution in [-0.4, -0.2) is 17.2 Å². The van der Waals surface area contributed by atoms with Crippen molar-refractivity contribution in [3.05, 3.63) is 45.3 Å². The second kappa shape index (κ2) is 7.70. The summed E-state index contributed by atoms with van der Waals surface area (Å²) in [4.78, 5) is 11.1. The van der Waals surface area contributed by atoms with E-state index in [9.17, 15) is 4.79 Å². The van der Waals surface area contributed by atoms with Gasteiger partial charge in [-0.05, 0) is 74.7 Å². The van der Waals surface area contributed by atoms with Crippen molar-refractivity contribution in [2.24, 2.45) is 0 Å². The molecule has 122 valence electrons. The van der Waals surface area contributed by atoms with Gasteiger partial charge >= 0.3 is 5.97 Å². The molecule has 2 aromatic rings. The second-order valence-corrected chi connectivity index (χ2v) is 6.45. The van der Waals surface area contributed by atoms with Crippen molar-refractivity contribution in [2.75, 3.05) is 5.73 Å². The molecule has 0 heterocycles. The normalized spacial score (nSPS) is 11.8. The number of nitrogen functional groups attached to an aromatic ring is 1. The molecule has 23 heavy (non-hydrogen) atoms. The van der Waals surface area contributed by atoms with Crippen LogP contribution in [0.1, 0.15) is 13.3 Å². The molecule has 2 aromatic carbocycles. The predicted octanol–water partition coefficient (Wildman–Crippen LogP) is 4.83. The Morgan fingerprint density at radius 1 is 1.17 bits per heavy atom. The summed E-state index contributed by atoms with van der Waals surface area (Å²) >= 11 is 6.82. The zero-order chi connectivity index (χ0) is 17.0. The monoisotopic (exact) mass is 443 g/mol. The molecule has 1 unspecified atom stereocenters. The van der Waals surface area contributed by atoms with Crippen LogP contribution in [0.25, 0.3) is 0 Å². The number of hydrogen-bond donors (Lipinski definition) is 2. The van der Waals surface area contributed by atoms with Crippen molar-refractivity contribution in [1.82, 2.24) is 0 Å². The molecule has 0 radical (unpaired) electrons. The van der Waals surface area contributed by atoms with Crippen LogP contribution >= 0.6 is 31.9 Å². The molecule has 0 spiro atoms. The minimum atomic E-state index is -0.998. The molecule has 5 nitrogen and oxygen atoms in total. The maximum atomic E-state index is 11.1. The van der Waals surface area contributed by atoms with Gasteiger partial charge in [0.25, 0.3) is 0 Å². The molecule has 0 saturated carbocycles. The van der Waals surface area contributed by atoms with Crippen LogP contribution in [0.4, 0.5) is 5.69 Å². The van der Waals surface area contributed by atoms with E-state index in [-0.39, 0.29) is 0 Å². The van der Waals surface area contributed by atoms with Crippen molar-refractivity contribution >= 4 is 43.5 Å². The maximum Gasteiger partial charge on any atom is 0.344 e. The Balaban J connectivity index is 2.23. The number of halogens is 2. The molecule has 2 rings (SSSR count). The van der Waals surface area contributed by atoms with E-state index in [1.807, 2.05) is 0 Å². The minimum absolute atomic E-state index is 0.369. The smallest absolute Gasteiger partial charge is 0.344 e. The Bertz CT molecular complexity index is 681. The largest absolute Gasteiger partial charge is 0.479 e. The van der Waals surface area contributed by atoms with Crippen molar-refractivity contribution in [2.45, 2.75) is 19.4 Å². The minimum Gasteiger partial charge on any atom is -0.479 e. The van der Waals surface area contributed by atoms with Crippen LogP contribution in [0, 0.1) is 0 Å². The fourth-order valence-electron chi connectivity index (χ4n) is 1.83. The van der Waals surface area contributed by atoms with E-state index in [4.69, 9.17) is 20.3 Å². The maximum absolute atomic E-state index is 11.1. The number of carboxylic acids is 1. The topological polar surface area (TPSA) is 81.8 Å². The van der Waals surface area contributed by atoms with Gasteiger partial charge in [-0.1, -0.05) is 6.92 Å². The van der Waals surface area contributed by atoms with Gasteiger partial charge < -0.3 is 20.3 Å². The molecule has 0 saturated heterocycles. The Morgan fingerprint density at radius 2 is 1.74 bits per heavy atom. The third kappa shape index (κ3) is 4.62. The summed E-state index contributed by atoms with van der Waals surface area (Å²) in [5.41, 5.74) is 6.30. The molecular formula is C16H15Br2NO4. The Hall–Kier alpha value is -1.73. The summed E-state index contributed by atoms with van der Waals surface area (Å²) in [7, 11) is 0. The average molecular weight is 445 g/mol. The summed E-state index contributed by atoms with van der Waals surface area (Å²) in [6.45, 7) is 1.75. The lowest BCUT2D eigenvalue weighted by molar-refractivity contribution is -0.145. The van der Waals surface area contributed by atoms with Gasteiger partial charge in [-0.15, -0.1) is 0 Å². The number of carbonyl (C=O) groups is 1. The third-order valence-corrected chi connectivity index (χ3v) is 4.17. The van der Waals surface area contributed by atoms with E-state index in [1.165, 1.54) is 0 Å². The van der Waals surface area contributed by atoms with Gasteiger partial charge in [0.05, 0.1) is 8.95 Å². The Labute approximate surface area is 150 Å². The molecule has 1 atom stereocenters. The lowest BCUT2D eigenvalue weighted by Crippen LogP contribution is -2.25. The van der Waals surface area contributed by atoms with E-state index in [2.05, 4.69) is 31.9 Å². The van der Waals surface area contributed by atoms with Gasteiger partial charge in [-0.3, -0.25) is 0 Å². The highest BCUT2D eigenvalue weighted by atomic mass is 79.9. The molecule has 0 amide bonds. The highest BCUT2D eigenvalue weighted by Gasteiger charge is 2.19. The summed E-state index contributed by atoms with van der Waals surface area (Å²) in [6, 6.07) is 10.3. The van der Waals surface area contributed by atoms with Gasteiger partial charge in [0.15, 0.2) is 11.9 Å². The fourth-order valence-corrected chi connectivity index (χ4v) is 3.13. The van der Waals surface area contributed by atoms with Crippen molar-refractivity contribution in [3.8, 4) is 17.2 Å². The molecule has 7 heteroatoms. The van der Waals surface area contributed by atoms with Gasteiger partial charge in [-0.2, -0.15) is 0 Å². The van der Waals surface area contributed by atoms with Gasteiger partial charge in [-0.25, -0.2) is 4.79 Å². The fraction of sp³-hybridized carbons (Fsp3) is 0.188. The Morgan fingerprint density at radius 3 is 2.22 bits per heavy atom. The van der Waals surface area contributed by atoms with E-state index < -0.39 is 12.1 Å². The zero-order valence-electron chi connectivity index (χ0n) is 12.3. The van der Waals surface area contributed by atoms with Crippen molar-refractivity contribution in [1.29, 1.82) is 0 Å². The average Bonchev–Trinajstić information content (AvgIpc) is 2.50. The van der Waals surface area contributed by atoms with Crippen molar-refractivity contribution in [3.63, 3.8) is 0 Å². The van der Waals surface area contributed by atoms with Gasteiger partial charge in [0, 0.05) is 5.69 Å². The first-order valence-corrected chi connectivity index (χ1v) is 8.41. The number of carboxylic acid groups (broad SMARTS) is 1. The van der Waals surface area contributed by atoms with Gasteiger partial charge in [0.2, 0.25) is 0 Å². The number of ether oxygens (including phenoxy) is 2. The van der Waals surface area contributed by atoms with E-state index >= 15 is 0 Å². The van der Waals surface area contributed by atoms with Crippen LogP contribution in [0.2, 0.25) is 0 Å². The number of benzene rings is 2. The second-order valence-electron chi connectivity index (χ2n) is 4.74. The zero-order valence-corrected chi connectivity index (χ0v) is 15.4. The summed E-state index contributed by atoms with van der Waals surface area (Å²) in [5.74, 6) is 0.626. The lowest BCUT2D eigenvalue weighted by Gasteiger charge is -2.16. The Kier molecular flexibility index (Phi) is 5.90. The van der Waals surface area contributed by atoms with Crippen LogP contribution < -0.4 is 15.2 Å². The number of aliphatic carboxylic acids is 1. The molecule has 0 aliphatic carbocycles. The highest BCUT2D eigenvalue weighted by Crippen LogP contribution is 2.40. The van der Waals surface area contributed by atoms with E-state index in [1.54, 1.807) is 43.3 Å². The first-order valence-electron chi connectivity index (χ1n) is 6.82. The number of anilines is 1. The van der Waals surface area contributed by atoms with Gasteiger partial charge in [0.1, 0.15) is 11.5 Å². The van der Waals surface area contributed by atoms with Crippen LogP contribution in [-0.2, 0) is 4.79 Å². The number of rotatable bonds is 6. The summed E-state index contributed by atoms with van der Waals surface area (Å²) < 4.78 is 12.6. The third-order valence-electron chi connectivity index (χ3n) is 3.00. The quantitative estimate of drug-likeness (QED) is 0.623. The molecule has 0 fully saturated rings. The SMILES string of the molecule is CCC(Oc1cc(Br)c(Oc2ccc(N)cc2)c(Br)c1)C(=O)O. The molecule has 0 aliphatic rings. The summed E-state index contributed by atoms with van der Waals surface area (Å²) in [6.07, 6.45) is -0.522.